The lowest BCUT2D eigenvalue weighted by atomic mass is 10.1. The fourth-order valence-electron chi connectivity index (χ4n) is 3.11. The lowest BCUT2D eigenvalue weighted by molar-refractivity contribution is -0.149. The van der Waals surface area contributed by atoms with Gasteiger partial charge in [0.25, 0.3) is 5.56 Å². The Hall–Kier alpha value is -2.95. The highest BCUT2D eigenvalue weighted by molar-refractivity contribution is 5.75. The average molecular weight is 451 g/mol. The van der Waals surface area contributed by atoms with E-state index >= 15 is 0 Å². The predicted molar refractivity (Wildman–Crippen MR) is 120 cm³/mol. The summed E-state index contributed by atoms with van der Waals surface area (Å²) in [6.45, 7) is 6.35. The molecule has 11 heteroatoms. The van der Waals surface area contributed by atoms with Crippen molar-refractivity contribution in [3.05, 3.63) is 16.7 Å². The highest BCUT2D eigenvalue weighted by Crippen LogP contribution is 2.15. The van der Waals surface area contributed by atoms with Gasteiger partial charge in [-0.2, -0.15) is 4.98 Å². The monoisotopic (exact) mass is 450 g/mol. The van der Waals surface area contributed by atoms with Gasteiger partial charge >= 0.3 is 11.9 Å². The Morgan fingerprint density at radius 1 is 1.25 bits per heavy atom. The van der Waals surface area contributed by atoms with Crippen LogP contribution in [0.5, 0.6) is 0 Å². The molecule has 0 saturated carbocycles. The van der Waals surface area contributed by atoms with Gasteiger partial charge in [-0.3, -0.25) is 19.4 Å². The number of unbranched alkanes of at least 4 members (excludes halogenated alkanes) is 2. The van der Waals surface area contributed by atoms with Crippen LogP contribution in [0.3, 0.4) is 0 Å². The summed E-state index contributed by atoms with van der Waals surface area (Å²) in [4.78, 5) is 46.8. The van der Waals surface area contributed by atoms with Crippen LogP contribution >= 0.6 is 0 Å². The van der Waals surface area contributed by atoms with Crippen LogP contribution in [0.4, 0.5) is 5.95 Å². The molecular formula is C21H34N6O5. The van der Waals surface area contributed by atoms with E-state index in [0.717, 1.165) is 19.3 Å². The highest BCUT2D eigenvalue weighted by atomic mass is 16.5. The van der Waals surface area contributed by atoms with Crippen molar-refractivity contribution in [2.45, 2.75) is 65.5 Å². The van der Waals surface area contributed by atoms with Crippen molar-refractivity contribution >= 4 is 29.1 Å². The van der Waals surface area contributed by atoms with E-state index < -0.39 is 17.6 Å². The number of fused-ring (bicyclic) bond motifs is 1. The van der Waals surface area contributed by atoms with Gasteiger partial charge in [0.15, 0.2) is 11.2 Å². The number of aromatic nitrogens is 4. The van der Waals surface area contributed by atoms with Crippen molar-refractivity contribution in [2.75, 3.05) is 18.9 Å². The average Bonchev–Trinajstić information content (AvgIpc) is 3.13. The summed E-state index contributed by atoms with van der Waals surface area (Å²) in [5.74, 6) is -1.03. The molecule has 0 amide bonds. The maximum atomic E-state index is 12.2. The number of rotatable bonds is 13. The van der Waals surface area contributed by atoms with Crippen LogP contribution in [0, 0.1) is 11.8 Å². The Kier molecular flexibility index (Phi) is 9.63. The number of H-pyrrole nitrogens is 1. The molecule has 0 bridgehead atoms. The Morgan fingerprint density at radius 2 is 2.00 bits per heavy atom. The SMILES string of the molecule is CCCCCC(=O)OCCC(COC(=O)[C@@H](N)C(C)C)Cn1cnc2c(=O)[nH]c(N)nc21. The Bertz CT molecular complexity index is 954. The zero-order valence-corrected chi connectivity index (χ0v) is 19.0. The molecular weight excluding hydrogens is 416 g/mol. The molecule has 0 spiro atoms. The number of carbonyl (C=O) groups excluding carboxylic acids is 2. The summed E-state index contributed by atoms with van der Waals surface area (Å²) < 4.78 is 12.4. The van der Waals surface area contributed by atoms with E-state index in [1.54, 1.807) is 4.57 Å². The molecule has 2 rings (SSSR count). The van der Waals surface area contributed by atoms with E-state index in [-0.39, 0.29) is 42.5 Å². The molecule has 2 aromatic rings. The number of anilines is 1. The molecule has 0 saturated heterocycles. The summed E-state index contributed by atoms with van der Waals surface area (Å²) in [5, 5.41) is 0. The third-order valence-electron chi connectivity index (χ3n) is 5.17. The number of imidazole rings is 1. The molecule has 0 radical (unpaired) electrons. The lowest BCUT2D eigenvalue weighted by Gasteiger charge is -2.20. The van der Waals surface area contributed by atoms with E-state index in [9.17, 15) is 14.4 Å². The Morgan fingerprint density at radius 3 is 2.69 bits per heavy atom. The molecule has 2 heterocycles. The van der Waals surface area contributed by atoms with Crippen molar-refractivity contribution in [3.63, 3.8) is 0 Å². The minimum absolute atomic E-state index is 0.0175. The van der Waals surface area contributed by atoms with Gasteiger partial charge in [0, 0.05) is 18.9 Å². The zero-order chi connectivity index (χ0) is 23.7. The van der Waals surface area contributed by atoms with E-state index in [2.05, 4.69) is 21.9 Å². The minimum atomic E-state index is -0.721. The van der Waals surface area contributed by atoms with Gasteiger partial charge in [-0.25, -0.2) is 4.98 Å². The molecule has 2 atom stereocenters. The van der Waals surface area contributed by atoms with Crippen LogP contribution in [-0.4, -0.2) is 50.7 Å². The van der Waals surface area contributed by atoms with Gasteiger partial charge < -0.3 is 25.5 Å². The first-order valence-electron chi connectivity index (χ1n) is 11.0. The number of ether oxygens (including phenoxy) is 2. The number of aromatic amines is 1. The van der Waals surface area contributed by atoms with Gasteiger partial charge in [-0.1, -0.05) is 33.6 Å². The van der Waals surface area contributed by atoms with Crippen molar-refractivity contribution in [1.29, 1.82) is 0 Å². The predicted octanol–water partition coefficient (Wildman–Crippen LogP) is 1.36. The third-order valence-corrected chi connectivity index (χ3v) is 5.17. The fraction of sp³-hybridized carbons (Fsp3) is 0.667. The van der Waals surface area contributed by atoms with Crippen LogP contribution in [0.15, 0.2) is 11.1 Å². The van der Waals surface area contributed by atoms with Gasteiger partial charge in [-0.15, -0.1) is 0 Å². The highest BCUT2D eigenvalue weighted by Gasteiger charge is 2.22. The lowest BCUT2D eigenvalue weighted by Crippen LogP contribution is -2.38. The smallest absolute Gasteiger partial charge is 0.323 e. The quantitative estimate of drug-likeness (QED) is 0.301. The third kappa shape index (κ3) is 7.33. The number of nitrogens with two attached hydrogens (primary N) is 2. The van der Waals surface area contributed by atoms with E-state index in [1.165, 1.54) is 6.33 Å². The zero-order valence-electron chi connectivity index (χ0n) is 19.0. The number of nitrogens with one attached hydrogen (secondary N) is 1. The summed E-state index contributed by atoms with van der Waals surface area (Å²) in [6, 6.07) is -0.721. The summed E-state index contributed by atoms with van der Waals surface area (Å²) in [6.07, 6.45) is 5.12. The summed E-state index contributed by atoms with van der Waals surface area (Å²) in [5.41, 5.74) is 11.6. The van der Waals surface area contributed by atoms with Crippen LogP contribution in [-0.2, 0) is 25.6 Å². The summed E-state index contributed by atoms with van der Waals surface area (Å²) >= 11 is 0. The second-order valence-electron chi connectivity index (χ2n) is 8.25. The molecule has 11 nitrogen and oxygen atoms in total. The van der Waals surface area contributed by atoms with Crippen molar-refractivity contribution < 1.29 is 19.1 Å². The molecule has 0 aliphatic carbocycles. The topological polar surface area (TPSA) is 168 Å². The minimum Gasteiger partial charge on any atom is -0.466 e. The second kappa shape index (κ2) is 12.2. The van der Waals surface area contributed by atoms with E-state index in [0.29, 0.717) is 25.0 Å². The van der Waals surface area contributed by atoms with Crippen molar-refractivity contribution in [2.24, 2.45) is 17.6 Å². The molecule has 0 aliphatic rings. The van der Waals surface area contributed by atoms with E-state index in [4.69, 9.17) is 20.9 Å². The maximum Gasteiger partial charge on any atom is 0.323 e. The van der Waals surface area contributed by atoms with Crippen molar-refractivity contribution in [3.8, 4) is 0 Å². The van der Waals surface area contributed by atoms with Gasteiger partial charge in [0.2, 0.25) is 5.95 Å². The number of nitrogen functional groups attached to an aromatic ring is 1. The fourth-order valence-corrected chi connectivity index (χ4v) is 3.11. The molecule has 32 heavy (non-hydrogen) atoms. The van der Waals surface area contributed by atoms with Gasteiger partial charge in [0.1, 0.15) is 6.04 Å². The van der Waals surface area contributed by atoms with Crippen LogP contribution < -0.4 is 17.0 Å². The largest absolute Gasteiger partial charge is 0.466 e. The number of hydrogen-bond donors (Lipinski definition) is 3. The van der Waals surface area contributed by atoms with Gasteiger partial charge in [-0.05, 0) is 18.8 Å². The van der Waals surface area contributed by atoms with Crippen LogP contribution in [0.2, 0.25) is 0 Å². The normalized spacial score (nSPS) is 13.3. The molecule has 5 N–H and O–H groups in total. The van der Waals surface area contributed by atoms with Crippen molar-refractivity contribution in [1.82, 2.24) is 19.5 Å². The number of hydrogen-bond acceptors (Lipinski definition) is 9. The molecule has 1 unspecified atom stereocenters. The maximum absolute atomic E-state index is 12.2. The number of esters is 2. The number of nitrogens with zero attached hydrogens (tertiary/aromatic N) is 3. The first kappa shape index (κ1) is 25.3. The van der Waals surface area contributed by atoms with Crippen LogP contribution in [0.25, 0.3) is 11.2 Å². The van der Waals surface area contributed by atoms with Gasteiger partial charge in [0.05, 0.1) is 19.5 Å². The van der Waals surface area contributed by atoms with Crippen LogP contribution in [0.1, 0.15) is 52.9 Å². The Labute approximate surface area is 186 Å². The number of carbonyl (C=O) groups is 2. The second-order valence-corrected chi connectivity index (χ2v) is 8.25. The standard InChI is InChI=1S/C21H34N6O5/c1-4-5-6-7-15(28)31-9-8-14(11-32-20(30)16(22)13(2)3)10-27-12-24-17-18(27)25-21(23)26-19(17)29/h12-14,16H,4-11,22H2,1-3H3,(H3,23,25,26,29)/t14?,16-/m0/s1. The molecule has 0 aliphatic heterocycles. The molecule has 2 aromatic heterocycles. The molecule has 0 fully saturated rings. The first-order chi connectivity index (χ1) is 15.2. The first-order valence-corrected chi connectivity index (χ1v) is 11.0. The van der Waals surface area contributed by atoms with E-state index in [1.807, 2.05) is 13.8 Å². The summed E-state index contributed by atoms with van der Waals surface area (Å²) in [7, 11) is 0. The Balaban J connectivity index is 2.05. The molecule has 0 aromatic carbocycles. The molecule has 178 valence electrons.